The second-order valence-electron chi connectivity index (χ2n) is 11.4. The van der Waals surface area contributed by atoms with Crippen molar-refractivity contribution in [3.05, 3.63) is 87.5 Å². The average molecular weight is 610 g/mol. The molecule has 2 unspecified atom stereocenters. The van der Waals surface area contributed by atoms with Gasteiger partial charge in [0.05, 0.1) is 6.04 Å². The van der Waals surface area contributed by atoms with E-state index in [1.54, 1.807) is 54.4 Å². The Hall–Kier alpha value is -4.85. The number of rotatable bonds is 10. The summed E-state index contributed by atoms with van der Waals surface area (Å²) in [5.41, 5.74) is 4.71. The lowest BCUT2D eigenvalue weighted by Crippen LogP contribution is -2.51. The van der Waals surface area contributed by atoms with Gasteiger partial charge in [-0.2, -0.15) is 0 Å². The summed E-state index contributed by atoms with van der Waals surface area (Å²) < 4.78 is 20.6. The van der Waals surface area contributed by atoms with E-state index >= 15 is 0 Å². The maximum absolute atomic E-state index is 15.0. The smallest absolute Gasteiger partial charge is 0.243 e. The molecule has 232 valence electrons. The molecule has 0 saturated carbocycles. The summed E-state index contributed by atoms with van der Waals surface area (Å²) in [6.07, 6.45) is 8.37. The fourth-order valence-electron chi connectivity index (χ4n) is 5.88. The van der Waals surface area contributed by atoms with Crippen LogP contribution in [0.15, 0.2) is 42.5 Å². The van der Waals surface area contributed by atoms with Gasteiger partial charge in [-0.3, -0.25) is 29.5 Å². The normalized spacial score (nSPS) is 18.6. The van der Waals surface area contributed by atoms with E-state index in [-0.39, 0.29) is 31.4 Å². The minimum Gasteiger partial charge on any atom is -0.481 e. The lowest BCUT2D eigenvalue weighted by molar-refractivity contribution is -0.137. The van der Waals surface area contributed by atoms with Crippen molar-refractivity contribution in [2.75, 3.05) is 27.2 Å². The third kappa shape index (κ3) is 7.45. The molecule has 2 aliphatic heterocycles. The molecule has 2 aromatic carbocycles. The van der Waals surface area contributed by atoms with Gasteiger partial charge in [-0.25, -0.2) is 4.39 Å². The summed E-state index contributed by atoms with van der Waals surface area (Å²) in [7, 11) is 3.86. The van der Waals surface area contributed by atoms with Crippen LogP contribution in [0, 0.1) is 23.1 Å². The standard InChI is InChI=1S/C35H36FN5O4/c1-40-16-4-9-32(40)31-18-26(20-37)30(38-31)13-11-24-10-12-27(19-29(24)36)45-17-5-8-23-6-3-7-25(22-42)28(23)21-41(2)33-14-15-34(43)39-35(33)44/h3,6-7,10-13,18-20,22,32-33,37-38H,4,9,14-17,21H2,1-2H3,(H,39,43,44)/b13-11+,37-20?. The Kier molecular flexibility index (Phi) is 10.0. The number of piperidine rings is 1. The molecule has 0 aliphatic carbocycles. The van der Waals surface area contributed by atoms with Crippen molar-refractivity contribution < 1.29 is 23.5 Å². The number of H-pyrrole nitrogens is 1. The third-order valence-corrected chi connectivity index (χ3v) is 8.36. The first-order valence-corrected chi connectivity index (χ1v) is 14.9. The minimum atomic E-state index is -0.489. The maximum Gasteiger partial charge on any atom is 0.243 e. The summed E-state index contributed by atoms with van der Waals surface area (Å²) >= 11 is 0. The quantitative estimate of drug-likeness (QED) is 0.134. The van der Waals surface area contributed by atoms with E-state index in [1.165, 1.54) is 12.3 Å². The van der Waals surface area contributed by atoms with E-state index in [0.717, 1.165) is 42.6 Å². The second-order valence-corrected chi connectivity index (χ2v) is 11.4. The van der Waals surface area contributed by atoms with Gasteiger partial charge < -0.3 is 15.1 Å². The number of imide groups is 1. The molecule has 0 radical (unpaired) electrons. The summed E-state index contributed by atoms with van der Waals surface area (Å²) in [5.74, 6) is 5.21. The molecule has 0 spiro atoms. The number of ether oxygens (including phenoxy) is 1. The van der Waals surface area contributed by atoms with E-state index in [2.05, 4.69) is 34.1 Å². The highest BCUT2D eigenvalue weighted by atomic mass is 19.1. The summed E-state index contributed by atoms with van der Waals surface area (Å²) in [6, 6.07) is 11.6. The van der Waals surface area contributed by atoms with Crippen LogP contribution in [0.2, 0.25) is 0 Å². The van der Waals surface area contributed by atoms with Crippen molar-refractivity contribution in [1.29, 1.82) is 5.41 Å². The Morgan fingerprint density at radius 2 is 1.98 bits per heavy atom. The van der Waals surface area contributed by atoms with Gasteiger partial charge in [-0.15, -0.1) is 0 Å². The zero-order valence-corrected chi connectivity index (χ0v) is 25.4. The number of aromatic amines is 1. The Morgan fingerprint density at radius 1 is 1.13 bits per heavy atom. The van der Waals surface area contributed by atoms with Gasteiger partial charge in [0.2, 0.25) is 11.8 Å². The average Bonchev–Trinajstić information content (AvgIpc) is 3.64. The van der Waals surface area contributed by atoms with Crippen molar-refractivity contribution >= 4 is 36.5 Å². The molecule has 3 N–H and O–H groups in total. The zero-order chi connectivity index (χ0) is 31.9. The first-order valence-electron chi connectivity index (χ1n) is 14.9. The molecule has 0 bridgehead atoms. The molecule has 2 atom stereocenters. The highest BCUT2D eigenvalue weighted by Crippen LogP contribution is 2.31. The van der Waals surface area contributed by atoms with E-state index in [9.17, 15) is 18.8 Å². The number of aldehydes is 1. The number of likely N-dealkylation sites (tertiary alicyclic amines) is 1. The minimum absolute atomic E-state index is 0.00801. The lowest BCUT2D eigenvalue weighted by Gasteiger charge is -2.30. The van der Waals surface area contributed by atoms with E-state index < -0.39 is 11.9 Å². The van der Waals surface area contributed by atoms with Gasteiger partial charge in [-0.1, -0.05) is 24.0 Å². The Balaban J connectivity index is 1.23. The lowest BCUT2D eigenvalue weighted by atomic mass is 9.99. The van der Waals surface area contributed by atoms with Crippen LogP contribution in [0.1, 0.15) is 75.7 Å². The topological polar surface area (TPSA) is 119 Å². The number of hydrogen-bond donors (Lipinski definition) is 3. The number of hydrogen-bond acceptors (Lipinski definition) is 7. The van der Waals surface area contributed by atoms with Crippen LogP contribution in [0.3, 0.4) is 0 Å². The van der Waals surface area contributed by atoms with E-state index in [0.29, 0.717) is 40.5 Å². The fourth-order valence-corrected chi connectivity index (χ4v) is 5.88. The Labute approximate surface area is 262 Å². The predicted molar refractivity (Wildman–Crippen MR) is 170 cm³/mol. The second kappa shape index (κ2) is 14.3. The van der Waals surface area contributed by atoms with Gasteiger partial charge >= 0.3 is 0 Å². The highest BCUT2D eigenvalue weighted by Gasteiger charge is 2.30. The van der Waals surface area contributed by atoms with Crippen LogP contribution in [-0.4, -0.2) is 72.4 Å². The summed E-state index contributed by atoms with van der Waals surface area (Å²) in [6.45, 7) is 1.32. The highest BCUT2D eigenvalue weighted by molar-refractivity contribution is 6.00. The number of carbonyl (C=O) groups excluding carboxylic acids is 3. The van der Waals surface area contributed by atoms with Gasteiger partial charge in [0.15, 0.2) is 0 Å². The molecule has 2 fully saturated rings. The number of likely N-dealkylation sites (N-methyl/N-ethyl adjacent to an activating group) is 1. The number of aromatic nitrogens is 1. The molecule has 1 aromatic heterocycles. The molecule has 5 rings (SSSR count). The van der Waals surface area contributed by atoms with Crippen molar-refractivity contribution in [3.8, 4) is 17.6 Å². The van der Waals surface area contributed by atoms with E-state index in [1.807, 2.05) is 6.07 Å². The number of amides is 2. The molecule has 2 saturated heterocycles. The first kappa shape index (κ1) is 31.6. The van der Waals surface area contributed by atoms with Crippen LogP contribution >= 0.6 is 0 Å². The van der Waals surface area contributed by atoms with Gasteiger partial charge in [0.25, 0.3) is 0 Å². The van der Waals surface area contributed by atoms with Crippen molar-refractivity contribution in [2.24, 2.45) is 0 Å². The molecule has 45 heavy (non-hydrogen) atoms. The van der Waals surface area contributed by atoms with Gasteiger partial charge in [-0.05, 0) is 81.9 Å². The summed E-state index contributed by atoms with van der Waals surface area (Å²) in [4.78, 5) is 43.1. The van der Waals surface area contributed by atoms with Crippen molar-refractivity contribution in [3.63, 3.8) is 0 Å². The summed E-state index contributed by atoms with van der Waals surface area (Å²) in [5, 5.41) is 10.1. The molecule has 10 heteroatoms. The molecular formula is C35H36FN5O4. The number of carbonyl (C=O) groups is 3. The monoisotopic (exact) mass is 609 g/mol. The molecule has 2 aliphatic rings. The van der Waals surface area contributed by atoms with Gasteiger partial charge in [0, 0.05) is 64.9 Å². The van der Waals surface area contributed by atoms with Crippen LogP contribution in [0.5, 0.6) is 5.75 Å². The molecular weight excluding hydrogens is 573 g/mol. The SMILES string of the molecule is CN(Cc1c(C#CCOc2ccc(/C=C/c3[nH]c(C4CCCN4C)cc3C=N)c(F)c2)cccc1C=O)C1CCC(=O)NC1=O. The van der Waals surface area contributed by atoms with Crippen LogP contribution in [0.4, 0.5) is 4.39 Å². The third-order valence-electron chi connectivity index (χ3n) is 8.36. The first-order chi connectivity index (χ1) is 21.8. The molecule has 2 amide bonds. The van der Waals surface area contributed by atoms with Gasteiger partial charge in [0.1, 0.15) is 24.5 Å². The maximum atomic E-state index is 15.0. The van der Waals surface area contributed by atoms with Crippen LogP contribution in [0.25, 0.3) is 12.2 Å². The van der Waals surface area contributed by atoms with Crippen molar-refractivity contribution in [1.82, 2.24) is 20.1 Å². The molecule has 3 heterocycles. The van der Waals surface area contributed by atoms with E-state index in [4.69, 9.17) is 10.1 Å². The Morgan fingerprint density at radius 3 is 2.69 bits per heavy atom. The van der Waals surface area contributed by atoms with Crippen molar-refractivity contribution in [2.45, 2.75) is 44.3 Å². The number of nitrogens with one attached hydrogen (secondary N) is 3. The number of halogens is 1. The zero-order valence-electron chi connectivity index (χ0n) is 25.4. The number of nitrogens with zero attached hydrogens (tertiary/aromatic N) is 2. The fraction of sp³-hybridized carbons (Fsp3) is 0.314. The Bertz CT molecular complexity index is 1700. The molecule has 9 nitrogen and oxygen atoms in total. The number of benzene rings is 2. The van der Waals surface area contributed by atoms with Crippen LogP contribution < -0.4 is 10.1 Å². The largest absolute Gasteiger partial charge is 0.481 e. The molecule has 3 aromatic rings. The van der Waals surface area contributed by atoms with Crippen LogP contribution in [-0.2, 0) is 16.1 Å². The predicted octanol–water partition coefficient (Wildman–Crippen LogP) is 4.57.